The van der Waals surface area contributed by atoms with Crippen molar-refractivity contribution in [3.8, 4) is 0 Å². The minimum atomic E-state index is -4.37. The van der Waals surface area contributed by atoms with Gasteiger partial charge in [-0.25, -0.2) is 8.42 Å². The minimum absolute atomic E-state index is 0.0776. The van der Waals surface area contributed by atoms with Gasteiger partial charge in [0.1, 0.15) is 6.04 Å². The van der Waals surface area contributed by atoms with Crippen molar-refractivity contribution in [3.63, 3.8) is 0 Å². The Bertz CT molecular complexity index is 866. The molecule has 2 heterocycles. The molecule has 0 bridgehead atoms. The summed E-state index contributed by atoms with van der Waals surface area (Å²) in [7, 11) is -3.40. The first-order valence-corrected chi connectivity index (χ1v) is 11.8. The molecule has 2 aliphatic heterocycles. The zero-order valence-corrected chi connectivity index (χ0v) is 18.0. The molecule has 3 rings (SSSR count). The van der Waals surface area contributed by atoms with Crippen molar-refractivity contribution in [2.75, 3.05) is 38.5 Å². The first kappa shape index (κ1) is 23.0. The maximum Gasteiger partial charge on any atom is 0.416 e. The van der Waals surface area contributed by atoms with E-state index in [9.17, 15) is 26.4 Å². The fourth-order valence-electron chi connectivity index (χ4n) is 4.13. The summed E-state index contributed by atoms with van der Waals surface area (Å²) >= 11 is 0. The molecule has 0 saturated carbocycles. The van der Waals surface area contributed by atoms with Gasteiger partial charge in [-0.3, -0.25) is 9.69 Å². The molecular formula is C20H28F3N3O3S. The smallest absolute Gasteiger partial charge is 0.339 e. The molecule has 1 amide bonds. The summed E-state index contributed by atoms with van der Waals surface area (Å²) in [6, 6.07) is 4.58. The number of amides is 1. The van der Waals surface area contributed by atoms with Gasteiger partial charge in [-0.2, -0.15) is 17.5 Å². The van der Waals surface area contributed by atoms with E-state index in [-0.39, 0.29) is 17.6 Å². The van der Waals surface area contributed by atoms with Crippen LogP contribution in [0, 0.1) is 5.92 Å². The molecule has 0 radical (unpaired) electrons. The Kier molecular flexibility index (Phi) is 6.78. The van der Waals surface area contributed by atoms with E-state index in [4.69, 9.17) is 0 Å². The molecule has 2 aliphatic rings. The van der Waals surface area contributed by atoms with Crippen molar-refractivity contribution in [2.24, 2.45) is 5.92 Å². The number of alkyl halides is 3. The molecular weight excluding hydrogens is 419 g/mol. The lowest BCUT2D eigenvalue weighted by molar-refractivity contribution is -0.139. The van der Waals surface area contributed by atoms with Gasteiger partial charge in [-0.05, 0) is 24.0 Å². The third kappa shape index (κ3) is 5.15. The zero-order chi connectivity index (χ0) is 22.1. The third-order valence-electron chi connectivity index (χ3n) is 5.68. The van der Waals surface area contributed by atoms with Crippen LogP contribution in [0.4, 0.5) is 13.2 Å². The standard InChI is InChI=1S/C20H28F3N3O3S/c1-15(2)18(26-7-4-12-30(26,28)29)19(27)25-10-8-24(9-11-25)14-16-5-3-6-17(13-16)20(21,22)23/h3,5-6,13,15,18H,4,7-12,14H2,1-2H3. The van der Waals surface area contributed by atoms with Crippen LogP contribution < -0.4 is 0 Å². The quantitative estimate of drug-likeness (QED) is 0.696. The Labute approximate surface area is 175 Å². The molecule has 0 aromatic heterocycles. The van der Waals surface area contributed by atoms with Gasteiger partial charge in [0.15, 0.2) is 0 Å². The van der Waals surface area contributed by atoms with Crippen LogP contribution in [0.15, 0.2) is 24.3 Å². The maximum absolute atomic E-state index is 13.1. The van der Waals surface area contributed by atoms with Crippen LogP contribution in [-0.2, 0) is 27.5 Å². The summed E-state index contributed by atoms with van der Waals surface area (Å²) in [5.41, 5.74) is -0.0896. The van der Waals surface area contributed by atoms with E-state index >= 15 is 0 Å². The molecule has 30 heavy (non-hydrogen) atoms. The highest BCUT2D eigenvalue weighted by Gasteiger charge is 2.42. The van der Waals surface area contributed by atoms with E-state index in [2.05, 4.69) is 0 Å². The average molecular weight is 448 g/mol. The van der Waals surface area contributed by atoms with Crippen LogP contribution in [-0.4, -0.2) is 72.9 Å². The number of halogens is 3. The summed E-state index contributed by atoms with van der Waals surface area (Å²) in [4.78, 5) is 16.8. The van der Waals surface area contributed by atoms with Crippen LogP contribution in [0.5, 0.6) is 0 Å². The Morgan fingerprint density at radius 1 is 1.10 bits per heavy atom. The van der Waals surface area contributed by atoms with Gasteiger partial charge in [-0.15, -0.1) is 0 Å². The summed E-state index contributed by atoms with van der Waals surface area (Å²) in [6.45, 7) is 6.34. The maximum atomic E-state index is 13.1. The number of sulfonamides is 1. The van der Waals surface area contributed by atoms with Crippen molar-refractivity contribution in [1.29, 1.82) is 0 Å². The zero-order valence-electron chi connectivity index (χ0n) is 17.2. The van der Waals surface area contributed by atoms with Gasteiger partial charge in [0, 0.05) is 39.3 Å². The van der Waals surface area contributed by atoms with E-state index in [0.29, 0.717) is 51.3 Å². The Morgan fingerprint density at radius 2 is 1.77 bits per heavy atom. The lowest BCUT2D eigenvalue weighted by Gasteiger charge is -2.39. The fourth-order valence-corrected chi connectivity index (χ4v) is 5.95. The monoisotopic (exact) mass is 447 g/mol. The van der Waals surface area contributed by atoms with Gasteiger partial charge in [-0.1, -0.05) is 32.0 Å². The van der Waals surface area contributed by atoms with Gasteiger partial charge < -0.3 is 4.90 Å². The van der Waals surface area contributed by atoms with E-state index in [0.717, 1.165) is 12.1 Å². The Morgan fingerprint density at radius 3 is 2.30 bits per heavy atom. The number of rotatable bonds is 5. The van der Waals surface area contributed by atoms with Crippen molar-refractivity contribution in [2.45, 2.75) is 39.0 Å². The molecule has 1 aromatic carbocycles. The van der Waals surface area contributed by atoms with E-state index in [1.165, 1.54) is 10.4 Å². The normalized spacial score (nSPS) is 21.9. The predicted octanol–water partition coefficient (Wildman–Crippen LogP) is 2.41. The van der Waals surface area contributed by atoms with Crippen LogP contribution in [0.25, 0.3) is 0 Å². The van der Waals surface area contributed by atoms with Crippen LogP contribution in [0.3, 0.4) is 0 Å². The van der Waals surface area contributed by atoms with E-state index < -0.39 is 27.8 Å². The topological polar surface area (TPSA) is 60.9 Å². The number of nitrogens with zero attached hydrogens (tertiary/aromatic N) is 3. The molecule has 0 N–H and O–H groups in total. The molecule has 0 spiro atoms. The van der Waals surface area contributed by atoms with Gasteiger partial charge in [0.2, 0.25) is 15.9 Å². The summed E-state index contributed by atoms with van der Waals surface area (Å²) in [5.74, 6) is -0.253. The number of benzene rings is 1. The first-order valence-electron chi connectivity index (χ1n) is 10.2. The highest BCUT2D eigenvalue weighted by Crippen LogP contribution is 2.30. The fraction of sp³-hybridized carbons (Fsp3) is 0.650. The summed E-state index contributed by atoms with van der Waals surface area (Å²) < 4.78 is 64.7. The number of carbonyl (C=O) groups is 1. The Balaban J connectivity index is 1.61. The second kappa shape index (κ2) is 8.84. The molecule has 6 nitrogen and oxygen atoms in total. The molecule has 168 valence electrons. The van der Waals surface area contributed by atoms with Gasteiger partial charge in [0.25, 0.3) is 0 Å². The number of piperazine rings is 1. The first-order chi connectivity index (χ1) is 14.0. The Hall–Kier alpha value is -1.65. The number of hydrogen-bond donors (Lipinski definition) is 0. The largest absolute Gasteiger partial charge is 0.416 e. The average Bonchev–Trinajstić information content (AvgIpc) is 3.00. The second-order valence-corrected chi connectivity index (χ2v) is 10.3. The SMILES string of the molecule is CC(C)C(C(=O)N1CCN(Cc2cccc(C(F)(F)F)c2)CC1)N1CCCS1(=O)=O. The van der Waals surface area contributed by atoms with Crippen LogP contribution in [0.1, 0.15) is 31.4 Å². The molecule has 1 unspecified atom stereocenters. The van der Waals surface area contributed by atoms with Crippen molar-refractivity contribution in [1.82, 2.24) is 14.1 Å². The number of carbonyl (C=O) groups excluding carboxylic acids is 1. The summed E-state index contributed by atoms with van der Waals surface area (Å²) in [6.07, 6.45) is -3.84. The lowest BCUT2D eigenvalue weighted by Crippen LogP contribution is -2.56. The van der Waals surface area contributed by atoms with Crippen molar-refractivity contribution in [3.05, 3.63) is 35.4 Å². The molecule has 0 aliphatic carbocycles. The summed E-state index contributed by atoms with van der Waals surface area (Å²) in [5, 5.41) is 0. The van der Waals surface area contributed by atoms with Gasteiger partial charge >= 0.3 is 6.18 Å². The number of hydrogen-bond acceptors (Lipinski definition) is 4. The molecule has 10 heteroatoms. The minimum Gasteiger partial charge on any atom is -0.339 e. The van der Waals surface area contributed by atoms with Crippen LogP contribution in [0.2, 0.25) is 0 Å². The van der Waals surface area contributed by atoms with E-state index in [1.807, 2.05) is 18.7 Å². The van der Waals surface area contributed by atoms with E-state index in [1.54, 1.807) is 11.0 Å². The predicted molar refractivity (Wildman–Crippen MR) is 107 cm³/mol. The molecule has 2 saturated heterocycles. The van der Waals surface area contributed by atoms with Crippen LogP contribution >= 0.6 is 0 Å². The molecule has 2 fully saturated rings. The van der Waals surface area contributed by atoms with Gasteiger partial charge in [0.05, 0.1) is 11.3 Å². The highest BCUT2D eigenvalue weighted by molar-refractivity contribution is 7.89. The van der Waals surface area contributed by atoms with Crippen molar-refractivity contribution >= 4 is 15.9 Å². The third-order valence-corrected chi connectivity index (χ3v) is 7.61. The molecule has 1 atom stereocenters. The van der Waals surface area contributed by atoms with Crippen molar-refractivity contribution < 1.29 is 26.4 Å². The lowest BCUT2D eigenvalue weighted by atomic mass is 10.0. The molecule has 1 aromatic rings. The second-order valence-electron chi connectivity index (χ2n) is 8.27. The highest BCUT2D eigenvalue weighted by atomic mass is 32.2.